The van der Waals surface area contributed by atoms with Crippen LogP contribution in [0.2, 0.25) is 0 Å². The maximum absolute atomic E-state index is 13.2. The van der Waals surface area contributed by atoms with Crippen LogP contribution in [0.15, 0.2) is 78.9 Å². The number of carboxylic acid groups (broad SMARTS) is 1. The van der Waals surface area contributed by atoms with Crippen molar-refractivity contribution in [3.8, 4) is 11.5 Å². The van der Waals surface area contributed by atoms with E-state index in [1.54, 1.807) is 24.3 Å². The standard InChI is InChI=1S/C32H27B2N3O15/c1-17-2-4-18(5-3-17)8-26(30(39)40)35-29(38)10-19-6-7-27(51-31(41)20-11-22(33(43)44)15-24(13-20)36(47)48)28(9-19)52-32(42)21-12-23(34(45)46)16-25(14-21)37(49)50/h2-7,9,11-16,26,43-46H,8,10H2,1H3,(H,35,38)(H,39,40)/t26-/m0/s1. The van der Waals surface area contributed by atoms with Gasteiger partial charge in [-0.1, -0.05) is 35.9 Å². The minimum absolute atomic E-state index is 0.0421. The van der Waals surface area contributed by atoms with Crippen molar-refractivity contribution in [3.05, 3.63) is 127 Å². The van der Waals surface area contributed by atoms with Crippen LogP contribution in [0.5, 0.6) is 11.5 Å². The molecule has 52 heavy (non-hydrogen) atoms. The van der Waals surface area contributed by atoms with Crippen molar-refractivity contribution in [3.63, 3.8) is 0 Å². The molecule has 20 heteroatoms. The van der Waals surface area contributed by atoms with E-state index >= 15 is 0 Å². The van der Waals surface area contributed by atoms with Gasteiger partial charge >= 0.3 is 32.1 Å². The third-order valence-corrected chi connectivity index (χ3v) is 7.34. The van der Waals surface area contributed by atoms with Gasteiger partial charge in [0.05, 0.1) is 27.4 Å². The number of rotatable bonds is 14. The van der Waals surface area contributed by atoms with Crippen LogP contribution in [-0.4, -0.2) is 79.1 Å². The van der Waals surface area contributed by atoms with Crippen LogP contribution < -0.4 is 25.7 Å². The van der Waals surface area contributed by atoms with E-state index in [9.17, 15) is 64.6 Å². The number of aliphatic carboxylic acids is 1. The van der Waals surface area contributed by atoms with E-state index in [0.717, 1.165) is 54.1 Å². The highest BCUT2D eigenvalue weighted by atomic mass is 16.6. The molecule has 0 heterocycles. The van der Waals surface area contributed by atoms with Crippen molar-refractivity contribution in [2.75, 3.05) is 0 Å². The number of esters is 2. The van der Waals surface area contributed by atoms with Crippen LogP contribution in [0.4, 0.5) is 11.4 Å². The molecule has 4 rings (SSSR count). The predicted octanol–water partition coefficient (Wildman–Crippen LogP) is -0.0360. The van der Waals surface area contributed by atoms with Crippen LogP contribution in [-0.2, 0) is 22.4 Å². The van der Waals surface area contributed by atoms with Gasteiger partial charge in [0.25, 0.3) is 11.4 Å². The van der Waals surface area contributed by atoms with Crippen LogP contribution in [0, 0.1) is 27.2 Å². The molecule has 0 saturated heterocycles. The molecule has 0 aliphatic heterocycles. The van der Waals surface area contributed by atoms with E-state index < -0.39 is 105 Å². The van der Waals surface area contributed by atoms with Crippen molar-refractivity contribution >= 4 is 60.4 Å². The number of non-ortho nitro benzene ring substituents is 2. The quantitative estimate of drug-likeness (QED) is 0.0328. The maximum Gasteiger partial charge on any atom is 0.488 e. The Morgan fingerprint density at radius 3 is 1.65 bits per heavy atom. The summed E-state index contributed by atoms with van der Waals surface area (Å²) in [6.07, 6.45) is -0.531. The molecule has 0 radical (unpaired) electrons. The van der Waals surface area contributed by atoms with E-state index in [1.165, 1.54) is 6.07 Å². The monoisotopic (exact) mass is 715 g/mol. The number of amides is 1. The largest absolute Gasteiger partial charge is 0.488 e. The molecule has 0 saturated carbocycles. The summed E-state index contributed by atoms with van der Waals surface area (Å²) in [6.45, 7) is 1.85. The number of nitro benzene ring substituents is 2. The summed E-state index contributed by atoms with van der Waals surface area (Å²) in [5, 5.41) is 73.1. The molecule has 6 N–H and O–H groups in total. The molecule has 266 valence electrons. The van der Waals surface area contributed by atoms with E-state index in [2.05, 4.69) is 5.32 Å². The fourth-order valence-electron chi connectivity index (χ4n) is 4.75. The van der Waals surface area contributed by atoms with Crippen LogP contribution >= 0.6 is 0 Å². The fraction of sp³-hybridized carbons (Fsp3) is 0.125. The molecule has 0 bridgehead atoms. The second-order valence-corrected chi connectivity index (χ2v) is 11.3. The summed E-state index contributed by atoms with van der Waals surface area (Å²) in [5.74, 6) is -5.79. The zero-order chi connectivity index (χ0) is 38.3. The maximum atomic E-state index is 13.2. The number of ether oxygens (including phenoxy) is 2. The first-order chi connectivity index (χ1) is 24.5. The molecule has 1 atom stereocenters. The number of carboxylic acids is 1. The number of hydrogen-bond acceptors (Lipinski definition) is 14. The minimum atomic E-state index is -2.22. The summed E-state index contributed by atoms with van der Waals surface area (Å²) >= 11 is 0. The van der Waals surface area contributed by atoms with Crippen LogP contribution in [0.3, 0.4) is 0 Å². The van der Waals surface area contributed by atoms with Crippen molar-refractivity contribution in [2.45, 2.75) is 25.8 Å². The summed E-state index contributed by atoms with van der Waals surface area (Å²) in [4.78, 5) is 72.3. The first-order valence-corrected chi connectivity index (χ1v) is 15.0. The van der Waals surface area contributed by atoms with Crippen LogP contribution in [0.1, 0.15) is 37.4 Å². The van der Waals surface area contributed by atoms with Crippen LogP contribution in [0.25, 0.3) is 0 Å². The van der Waals surface area contributed by atoms with E-state index in [0.29, 0.717) is 5.56 Å². The van der Waals surface area contributed by atoms with Gasteiger partial charge in [0.1, 0.15) is 6.04 Å². The number of aryl methyl sites for hydroxylation is 1. The highest BCUT2D eigenvalue weighted by molar-refractivity contribution is 6.59. The average molecular weight is 715 g/mol. The van der Waals surface area contributed by atoms with Gasteiger partial charge in [-0.2, -0.15) is 0 Å². The zero-order valence-electron chi connectivity index (χ0n) is 26.9. The predicted molar refractivity (Wildman–Crippen MR) is 180 cm³/mol. The molecule has 0 spiro atoms. The average Bonchev–Trinajstić information content (AvgIpc) is 3.09. The van der Waals surface area contributed by atoms with Crippen molar-refractivity contribution in [1.29, 1.82) is 0 Å². The van der Waals surface area contributed by atoms with E-state index in [4.69, 9.17) is 9.47 Å². The smallest absolute Gasteiger partial charge is 0.480 e. The first-order valence-electron chi connectivity index (χ1n) is 15.0. The molecule has 4 aromatic carbocycles. The number of nitro groups is 2. The van der Waals surface area contributed by atoms with Gasteiger partial charge in [0.2, 0.25) is 5.91 Å². The topological polar surface area (TPSA) is 286 Å². The second kappa shape index (κ2) is 16.5. The van der Waals surface area contributed by atoms with Crippen molar-refractivity contribution < 1.29 is 63.7 Å². The molecule has 1 amide bonds. The molecule has 0 aliphatic carbocycles. The Balaban J connectivity index is 1.67. The molecule has 4 aromatic rings. The normalized spacial score (nSPS) is 11.2. The lowest BCUT2D eigenvalue weighted by molar-refractivity contribution is -0.385. The third-order valence-electron chi connectivity index (χ3n) is 7.34. The number of nitrogens with one attached hydrogen (secondary N) is 1. The molecule has 0 aromatic heterocycles. The Labute approximate surface area is 293 Å². The zero-order valence-corrected chi connectivity index (χ0v) is 26.9. The lowest BCUT2D eigenvalue weighted by atomic mass is 9.79. The summed E-state index contributed by atoms with van der Waals surface area (Å²) in [6, 6.07) is 14.0. The van der Waals surface area contributed by atoms with E-state index in [-0.39, 0.29) is 12.0 Å². The minimum Gasteiger partial charge on any atom is -0.480 e. The van der Waals surface area contributed by atoms with Gasteiger partial charge in [0.15, 0.2) is 11.5 Å². The number of carbonyl (C=O) groups excluding carboxylic acids is 3. The Bertz CT molecular complexity index is 2060. The van der Waals surface area contributed by atoms with Gasteiger partial charge in [0, 0.05) is 30.7 Å². The van der Waals surface area contributed by atoms with Crippen molar-refractivity contribution in [2.24, 2.45) is 0 Å². The Kier molecular flexibility index (Phi) is 12.2. The fourth-order valence-corrected chi connectivity index (χ4v) is 4.75. The van der Waals surface area contributed by atoms with Gasteiger partial charge in [-0.05, 0) is 53.2 Å². The SMILES string of the molecule is Cc1ccc(C[C@H](NC(=O)Cc2ccc(OC(=O)c3cc(B(O)O)cc([N+](=O)[O-])c3)c(OC(=O)c3cc(B(O)O)cc([N+](=O)[O-])c3)c2)C(=O)O)cc1. The first kappa shape index (κ1) is 38.3. The summed E-state index contributed by atoms with van der Waals surface area (Å²) < 4.78 is 10.7. The number of nitrogens with zero attached hydrogens (tertiary/aromatic N) is 2. The summed E-state index contributed by atoms with van der Waals surface area (Å²) in [5.41, 5.74) is -1.66. The Morgan fingerprint density at radius 2 is 1.19 bits per heavy atom. The van der Waals surface area contributed by atoms with Gasteiger partial charge in [-0.25, -0.2) is 14.4 Å². The third kappa shape index (κ3) is 10.0. The molecule has 0 fully saturated rings. The molecule has 0 aliphatic rings. The van der Waals surface area contributed by atoms with Crippen molar-refractivity contribution in [1.82, 2.24) is 5.32 Å². The van der Waals surface area contributed by atoms with Gasteiger partial charge in [-0.3, -0.25) is 25.0 Å². The molecular weight excluding hydrogens is 688 g/mol. The second-order valence-electron chi connectivity index (χ2n) is 11.3. The highest BCUT2D eigenvalue weighted by Crippen LogP contribution is 2.31. The Hall–Kier alpha value is -6.47. The van der Waals surface area contributed by atoms with Gasteiger partial charge < -0.3 is 40.0 Å². The molecular formula is C32H27B2N3O15. The Morgan fingerprint density at radius 1 is 0.712 bits per heavy atom. The highest BCUT2D eigenvalue weighted by Gasteiger charge is 2.26. The van der Waals surface area contributed by atoms with Gasteiger partial charge in [-0.15, -0.1) is 0 Å². The number of carbonyl (C=O) groups is 4. The number of benzene rings is 4. The lowest BCUT2D eigenvalue weighted by Crippen LogP contribution is -2.43. The molecule has 0 unspecified atom stereocenters. The molecule has 18 nitrogen and oxygen atoms in total. The lowest BCUT2D eigenvalue weighted by Gasteiger charge is -2.16. The van der Waals surface area contributed by atoms with E-state index in [1.807, 2.05) is 6.92 Å². The summed E-state index contributed by atoms with van der Waals surface area (Å²) in [7, 11) is -4.43. The number of hydrogen-bond donors (Lipinski definition) is 6.